The van der Waals surface area contributed by atoms with Gasteiger partial charge in [-0.2, -0.15) is 0 Å². The maximum Gasteiger partial charge on any atom is 0.254 e. The van der Waals surface area contributed by atoms with Crippen LogP contribution in [0, 0.1) is 12.7 Å². The van der Waals surface area contributed by atoms with Crippen molar-refractivity contribution >= 4 is 11.8 Å². The van der Waals surface area contributed by atoms with Gasteiger partial charge in [0, 0.05) is 19.2 Å². The van der Waals surface area contributed by atoms with Crippen LogP contribution in [-0.2, 0) is 11.3 Å². The molecule has 2 N–H and O–H groups in total. The van der Waals surface area contributed by atoms with E-state index in [9.17, 15) is 19.1 Å². The molecule has 130 valence electrons. The summed E-state index contributed by atoms with van der Waals surface area (Å²) in [5.41, 5.74) is 1.98. The largest absolute Gasteiger partial charge is 0.508 e. The smallest absolute Gasteiger partial charge is 0.254 e. The first-order valence-corrected chi connectivity index (χ1v) is 8.08. The quantitative estimate of drug-likeness (QED) is 0.896. The van der Waals surface area contributed by atoms with Gasteiger partial charge in [-0.1, -0.05) is 29.8 Å². The van der Waals surface area contributed by atoms with Crippen molar-refractivity contribution < 1.29 is 19.1 Å². The number of nitrogens with one attached hydrogen (secondary N) is 1. The average Bonchev–Trinajstić information content (AvgIpc) is 2.90. The molecule has 0 spiro atoms. The molecule has 0 saturated carbocycles. The number of benzene rings is 2. The van der Waals surface area contributed by atoms with Gasteiger partial charge in [0.15, 0.2) is 0 Å². The second-order valence-electron chi connectivity index (χ2n) is 6.22. The predicted molar refractivity (Wildman–Crippen MR) is 90.5 cm³/mol. The Morgan fingerprint density at radius 2 is 2.00 bits per heavy atom. The van der Waals surface area contributed by atoms with E-state index >= 15 is 0 Å². The Morgan fingerprint density at radius 3 is 2.68 bits per heavy atom. The highest BCUT2D eigenvalue weighted by molar-refractivity contribution is 5.98. The van der Waals surface area contributed by atoms with Gasteiger partial charge in [-0.3, -0.25) is 9.59 Å². The first-order valence-electron chi connectivity index (χ1n) is 8.08. The number of amides is 2. The fourth-order valence-electron chi connectivity index (χ4n) is 2.87. The van der Waals surface area contributed by atoms with Crippen molar-refractivity contribution in [2.75, 3.05) is 6.54 Å². The second kappa shape index (κ2) is 6.93. The number of hydrogen-bond acceptors (Lipinski definition) is 3. The summed E-state index contributed by atoms with van der Waals surface area (Å²) in [4.78, 5) is 26.3. The van der Waals surface area contributed by atoms with E-state index in [2.05, 4.69) is 5.32 Å². The monoisotopic (exact) mass is 342 g/mol. The Labute approximate surface area is 145 Å². The van der Waals surface area contributed by atoms with Gasteiger partial charge in [0.25, 0.3) is 5.91 Å². The molecular weight excluding hydrogens is 323 g/mol. The first kappa shape index (κ1) is 17.0. The number of rotatable bonds is 4. The number of carbonyl (C=O) groups excluding carboxylic acids is 2. The highest BCUT2D eigenvalue weighted by Crippen LogP contribution is 2.18. The van der Waals surface area contributed by atoms with Crippen molar-refractivity contribution in [2.24, 2.45) is 0 Å². The molecule has 0 unspecified atom stereocenters. The van der Waals surface area contributed by atoms with Gasteiger partial charge in [0.05, 0.1) is 5.56 Å². The van der Waals surface area contributed by atoms with Crippen LogP contribution in [0.1, 0.15) is 27.9 Å². The number of nitrogens with zero attached hydrogens (tertiary/aromatic N) is 1. The van der Waals surface area contributed by atoms with Crippen LogP contribution in [0.5, 0.6) is 5.75 Å². The second-order valence-corrected chi connectivity index (χ2v) is 6.22. The summed E-state index contributed by atoms with van der Waals surface area (Å²) in [5.74, 6) is -1.91. The summed E-state index contributed by atoms with van der Waals surface area (Å²) in [5, 5.41) is 11.8. The molecule has 0 aromatic heterocycles. The van der Waals surface area contributed by atoms with Crippen LogP contribution in [0.3, 0.4) is 0 Å². The lowest BCUT2D eigenvalue weighted by Gasteiger charge is -2.17. The van der Waals surface area contributed by atoms with Crippen molar-refractivity contribution in [3.63, 3.8) is 0 Å². The molecule has 0 radical (unpaired) electrons. The van der Waals surface area contributed by atoms with Crippen LogP contribution >= 0.6 is 0 Å². The maximum atomic E-state index is 13.8. The average molecular weight is 342 g/mol. The predicted octanol–water partition coefficient (Wildman–Crippen LogP) is 2.37. The lowest BCUT2D eigenvalue weighted by molar-refractivity contribution is -0.129. The molecule has 1 heterocycles. The van der Waals surface area contributed by atoms with Crippen LogP contribution in [0.2, 0.25) is 0 Å². The third-order valence-corrected chi connectivity index (χ3v) is 4.29. The lowest BCUT2D eigenvalue weighted by Crippen LogP contribution is -2.41. The molecule has 5 nitrogen and oxygen atoms in total. The number of carbonyl (C=O) groups is 2. The van der Waals surface area contributed by atoms with Crippen LogP contribution < -0.4 is 5.32 Å². The van der Waals surface area contributed by atoms with Crippen molar-refractivity contribution in [1.82, 2.24) is 10.2 Å². The summed E-state index contributed by atoms with van der Waals surface area (Å²) in [6.45, 7) is 3.02. The maximum absolute atomic E-state index is 13.8. The zero-order chi connectivity index (χ0) is 18.0. The minimum atomic E-state index is -0.820. The van der Waals surface area contributed by atoms with Gasteiger partial charge < -0.3 is 15.3 Å². The van der Waals surface area contributed by atoms with Crippen LogP contribution in [0.25, 0.3) is 0 Å². The highest BCUT2D eigenvalue weighted by atomic mass is 19.1. The van der Waals surface area contributed by atoms with Crippen molar-refractivity contribution in [3.8, 4) is 5.75 Å². The summed E-state index contributed by atoms with van der Waals surface area (Å²) in [7, 11) is 0. The van der Waals surface area contributed by atoms with Gasteiger partial charge in [0.2, 0.25) is 5.91 Å². The standard InChI is InChI=1S/C19H19FN2O3/c1-12-2-4-13(5-3-12)11-22-9-8-17(19(22)25)21-18(24)15-7-6-14(23)10-16(15)20/h2-7,10,17,23H,8-9,11H2,1H3,(H,21,24)/t17-/m0/s1. The van der Waals surface area contributed by atoms with E-state index in [0.717, 1.165) is 17.2 Å². The number of aryl methyl sites for hydroxylation is 1. The third kappa shape index (κ3) is 3.79. The Balaban J connectivity index is 1.63. The summed E-state index contributed by atoms with van der Waals surface area (Å²) in [6, 6.07) is 10.6. The number of phenols is 1. The molecule has 0 aliphatic carbocycles. The molecule has 1 atom stereocenters. The number of phenolic OH excluding ortho intramolecular Hbond substituents is 1. The van der Waals surface area contributed by atoms with E-state index < -0.39 is 17.8 Å². The lowest BCUT2D eigenvalue weighted by atomic mass is 10.1. The number of aromatic hydroxyl groups is 1. The van der Waals surface area contributed by atoms with Crippen LogP contribution in [-0.4, -0.2) is 34.4 Å². The molecule has 6 heteroatoms. The van der Waals surface area contributed by atoms with E-state index in [0.29, 0.717) is 19.5 Å². The Kier molecular flexibility index (Phi) is 4.70. The van der Waals surface area contributed by atoms with Crippen molar-refractivity contribution in [2.45, 2.75) is 25.9 Å². The zero-order valence-electron chi connectivity index (χ0n) is 13.8. The van der Waals surface area contributed by atoms with Crippen LogP contribution in [0.4, 0.5) is 4.39 Å². The third-order valence-electron chi connectivity index (χ3n) is 4.29. The van der Waals surface area contributed by atoms with Gasteiger partial charge in [-0.25, -0.2) is 4.39 Å². The summed E-state index contributed by atoms with van der Waals surface area (Å²) in [6.07, 6.45) is 0.482. The van der Waals surface area contributed by atoms with Gasteiger partial charge in [-0.05, 0) is 31.0 Å². The normalized spacial score (nSPS) is 17.0. The Hall–Kier alpha value is -2.89. The minimum Gasteiger partial charge on any atom is -0.508 e. The highest BCUT2D eigenvalue weighted by Gasteiger charge is 2.33. The fourth-order valence-corrected chi connectivity index (χ4v) is 2.87. The van der Waals surface area contributed by atoms with Gasteiger partial charge >= 0.3 is 0 Å². The number of hydrogen-bond donors (Lipinski definition) is 2. The molecule has 2 aromatic carbocycles. The molecule has 25 heavy (non-hydrogen) atoms. The molecule has 1 fully saturated rings. The van der Waals surface area contributed by atoms with E-state index in [1.165, 1.54) is 12.1 Å². The SMILES string of the molecule is Cc1ccc(CN2CC[C@H](NC(=O)c3ccc(O)cc3F)C2=O)cc1. The zero-order valence-corrected chi connectivity index (χ0v) is 13.8. The van der Waals surface area contributed by atoms with E-state index in [1.807, 2.05) is 31.2 Å². The molecule has 1 saturated heterocycles. The molecule has 3 rings (SSSR count). The first-order chi connectivity index (χ1) is 11.9. The van der Waals surface area contributed by atoms with Crippen molar-refractivity contribution in [3.05, 3.63) is 65.0 Å². The molecule has 2 amide bonds. The van der Waals surface area contributed by atoms with Crippen molar-refractivity contribution in [1.29, 1.82) is 0 Å². The molecule has 1 aliphatic heterocycles. The van der Waals surface area contributed by atoms with E-state index in [1.54, 1.807) is 4.90 Å². The summed E-state index contributed by atoms with van der Waals surface area (Å²) >= 11 is 0. The Bertz CT molecular complexity index is 805. The molecule has 1 aliphatic rings. The number of halogens is 1. The number of likely N-dealkylation sites (tertiary alicyclic amines) is 1. The van der Waals surface area contributed by atoms with Gasteiger partial charge in [0.1, 0.15) is 17.6 Å². The topological polar surface area (TPSA) is 69.6 Å². The van der Waals surface area contributed by atoms with Crippen LogP contribution in [0.15, 0.2) is 42.5 Å². The fraction of sp³-hybridized carbons (Fsp3) is 0.263. The Morgan fingerprint density at radius 1 is 1.28 bits per heavy atom. The molecule has 0 bridgehead atoms. The minimum absolute atomic E-state index is 0.173. The summed E-state index contributed by atoms with van der Waals surface area (Å²) < 4.78 is 13.8. The van der Waals surface area contributed by atoms with E-state index in [4.69, 9.17) is 0 Å². The molecular formula is C19H19FN2O3. The van der Waals surface area contributed by atoms with Gasteiger partial charge in [-0.15, -0.1) is 0 Å². The molecule has 2 aromatic rings. The van der Waals surface area contributed by atoms with E-state index in [-0.39, 0.29) is 17.2 Å².